The van der Waals surface area contributed by atoms with Crippen molar-refractivity contribution in [2.75, 3.05) is 6.54 Å². The Labute approximate surface area is 219 Å². The molecule has 4 aromatic rings. The van der Waals surface area contributed by atoms with Crippen LogP contribution in [0.25, 0.3) is 11.0 Å². The molecule has 8 nitrogen and oxygen atoms in total. The first-order valence-electron chi connectivity index (χ1n) is 13.0. The van der Waals surface area contributed by atoms with Crippen LogP contribution in [0.3, 0.4) is 0 Å². The smallest absolute Gasteiger partial charge is 0.245 e. The maximum atomic E-state index is 15.1. The number of carbonyl (C=O) groups excluding carboxylic acids is 2. The summed E-state index contributed by atoms with van der Waals surface area (Å²) in [6.07, 6.45) is 3.16. The second kappa shape index (κ2) is 9.63. The zero-order chi connectivity index (χ0) is 26.3. The second-order valence-corrected chi connectivity index (χ2v) is 10.5. The van der Waals surface area contributed by atoms with E-state index < -0.39 is 18.0 Å². The summed E-state index contributed by atoms with van der Waals surface area (Å²) in [6.45, 7) is 2.52. The van der Waals surface area contributed by atoms with Crippen molar-refractivity contribution in [1.82, 2.24) is 30.2 Å². The van der Waals surface area contributed by atoms with Gasteiger partial charge in [0, 0.05) is 12.1 Å². The normalized spacial score (nSPS) is 18.9. The number of amides is 2. The van der Waals surface area contributed by atoms with E-state index in [4.69, 9.17) is 0 Å². The first-order chi connectivity index (χ1) is 18.4. The van der Waals surface area contributed by atoms with Gasteiger partial charge < -0.3 is 10.2 Å². The minimum atomic E-state index is -0.643. The fraction of sp³-hybridized carbons (Fsp3) is 0.345. The molecule has 0 radical (unpaired) electrons. The van der Waals surface area contributed by atoms with Gasteiger partial charge in [0.2, 0.25) is 17.8 Å². The molecule has 1 aliphatic heterocycles. The molecule has 2 amide bonds. The predicted octanol–water partition coefficient (Wildman–Crippen LogP) is 3.91. The molecule has 38 heavy (non-hydrogen) atoms. The molecule has 1 aliphatic carbocycles. The predicted molar refractivity (Wildman–Crippen MR) is 139 cm³/mol. The Hall–Kier alpha value is -4.14. The number of aromatic nitrogens is 4. The Morgan fingerprint density at radius 1 is 1.08 bits per heavy atom. The van der Waals surface area contributed by atoms with Crippen molar-refractivity contribution in [1.29, 1.82) is 0 Å². The molecule has 2 fully saturated rings. The average Bonchev–Trinajstić information content (AvgIpc) is 3.31. The molecular formula is C29H29FN6O2. The monoisotopic (exact) mass is 512 g/mol. The maximum absolute atomic E-state index is 15.1. The standard InChI is InChI=1S/C29H29FN6O2/c1-29(15-16-29)20-13-14-22(31-27(20)30)26(19-8-3-2-4-9-19)32-28(38)24-12-7-17-35(24)25(37)18-36-23-11-6-5-10-21(23)33-34-36/h2-6,8-11,13-14,24,26H,7,12,15-18H2,1H3,(H,32,38)/t24-,26-/m0/s1. The van der Waals surface area contributed by atoms with E-state index in [1.54, 1.807) is 21.7 Å². The van der Waals surface area contributed by atoms with E-state index in [2.05, 4.69) is 20.6 Å². The number of hydrogen-bond acceptors (Lipinski definition) is 5. The highest BCUT2D eigenvalue weighted by atomic mass is 19.1. The fourth-order valence-electron chi connectivity index (χ4n) is 5.32. The third-order valence-electron chi connectivity index (χ3n) is 7.82. The van der Waals surface area contributed by atoms with Crippen molar-refractivity contribution in [2.24, 2.45) is 0 Å². The number of pyridine rings is 1. The molecule has 1 saturated carbocycles. The minimum Gasteiger partial charge on any atom is -0.342 e. The highest BCUT2D eigenvalue weighted by molar-refractivity contribution is 5.89. The Morgan fingerprint density at radius 2 is 1.84 bits per heavy atom. The first kappa shape index (κ1) is 24.2. The Bertz CT molecular complexity index is 1500. The van der Waals surface area contributed by atoms with Gasteiger partial charge in [0.1, 0.15) is 18.1 Å². The van der Waals surface area contributed by atoms with Crippen LogP contribution >= 0.6 is 0 Å². The minimum absolute atomic E-state index is 0.000591. The van der Waals surface area contributed by atoms with Gasteiger partial charge in [0.05, 0.1) is 17.3 Å². The van der Waals surface area contributed by atoms with Crippen molar-refractivity contribution < 1.29 is 14.0 Å². The van der Waals surface area contributed by atoms with E-state index in [9.17, 15) is 9.59 Å². The lowest BCUT2D eigenvalue weighted by Gasteiger charge is -2.27. The van der Waals surface area contributed by atoms with Crippen LogP contribution in [-0.2, 0) is 21.5 Å². The topological polar surface area (TPSA) is 93.0 Å². The molecular weight excluding hydrogens is 483 g/mol. The highest BCUT2D eigenvalue weighted by Gasteiger charge is 2.42. The van der Waals surface area contributed by atoms with Gasteiger partial charge in [0.15, 0.2) is 0 Å². The Balaban J connectivity index is 1.23. The van der Waals surface area contributed by atoms with Crippen molar-refractivity contribution >= 4 is 22.8 Å². The zero-order valence-corrected chi connectivity index (χ0v) is 21.2. The molecule has 2 aromatic carbocycles. The van der Waals surface area contributed by atoms with Gasteiger partial charge in [-0.2, -0.15) is 4.39 Å². The molecule has 1 saturated heterocycles. The molecule has 3 heterocycles. The first-order valence-corrected chi connectivity index (χ1v) is 13.0. The van der Waals surface area contributed by atoms with Gasteiger partial charge in [0.25, 0.3) is 0 Å². The number of likely N-dealkylation sites (tertiary alicyclic amines) is 1. The Kier molecular flexibility index (Phi) is 6.13. The number of nitrogens with one attached hydrogen (secondary N) is 1. The summed E-state index contributed by atoms with van der Waals surface area (Å²) in [7, 11) is 0. The van der Waals surface area contributed by atoms with Crippen LogP contribution in [-0.4, -0.2) is 49.3 Å². The van der Waals surface area contributed by atoms with Gasteiger partial charge in [-0.3, -0.25) is 9.59 Å². The summed E-state index contributed by atoms with van der Waals surface area (Å²) in [5.41, 5.74) is 3.17. The summed E-state index contributed by atoms with van der Waals surface area (Å²) in [4.78, 5) is 32.8. The number of nitrogens with zero attached hydrogens (tertiary/aromatic N) is 5. The Morgan fingerprint density at radius 3 is 2.61 bits per heavy atom. The number of fused-ring (bicyclic) bond motifs is 1. The van der Waals surface area contributed by atoms with Gasteiger partial charge in [-0.05, 0) is 54.9 Å². The molecule has 0 unspecified atom stereocenters. The lowest BCUT2D eigenvalue weighted by molar-refractivity contribution is -0.139. The van der Waals surface area contributed by atoms with E-state index in [1.807, 2.05) is 61.5 Å². The lowest BCUT2D eigenvalue weighted by atomic mass is 9.97. The van der Waals surface area contributed by atoms with E-state index in [1.165, 1.54) is 0 Å². The molecule has 2 aromatic heterocycles. The number of benzene rings is 2. The van der Waals surface area contributed by atoms with Gasteiger partial charge in [-0.25, -0.2) is 9.67 Å². The van der Waals surface area contributed by atoms with Gasteiger partial charge >= 0.3 is 0 Å². The summed E-state index contributed by atoms with van der Waals surface area (Å²) >= 11 is 0. The highest BCUT2D eigenvalue weighted by Crippen LogP contribution is 2.48. The van der Waals surface area contributed by atoms with Crippen molar-refractivity contribution in [3.05, 3.63) is 89.5 Å². The van der Waals surface area contributed by atoms with Crippen LogP contribution in [0.5, 0.6) is 0 Å². The number of carbonyl (C=O) groups is 2. The van der Waals surface area contributed by atoms with Crippen LogP contribution in [0.4, 0.5) is 4.39 Å². The summed E-state index contributed by atoms with van der Waals surface area (Å²) in [5, 5.41) is 11.3. The number of para-hydroxylation sites is 1. The van der Waals surface area contributed by atoms with Crippen LogP contribution < -0.4 is 5.32 Å². The number of rotatable bonds is 7. The summed E-state index contributed by atoms with van der Waals surface area (Å²) in [5.74, 6) is -0.968. The SMILES string of the molecule is CC1(c2ccc([C@@H](NC(=O)[C@@H]3CCCN3C(=O)Cn3nnc4ccccc43)c3ccccc3)nc2F)CC1. The molecule has 194 valence electrons. The fourth-order valence-corrected chi connectivity index (χ4v) is 5.32. The molecule has 1 N–H and O–H groups in total. The van der Waals surface area contributed by atoms with Crippen LogP contribution in [0.15, 0.2) is 66.7 Å². The molecule has 6 rings (SSSR count). The summed E-state index contributed by atoms with van der Waals surface area (Å²) < 4.78 is 16.6. The van der Waals surface area contributed by atoms with Crippen molar-refractivity contribution in [3.8, 4) is 0 Å². The third-order valence-corrected chi connectivity index (χ3v) is 7.82. The van der Waals surface area contributed by atoms with Crippen LogP contribution in [0.1, 0.15) is 55.5 Å². The van der Waals surface area contributed by atoms with E-state index in [0.717, 1.165) is 30.3 Å². The second-order valence-electron chi connectivity index (χ2n) is 10.5. The molecule has 0 bridgehead atoms. The summed E-state index contributed by atoms with van der Waals surface area (Å²) in [6, 6.07) is 19.2. The zero-order valence-electron chi connectivity index (χ0n) is 21.2. The molecule has 2 atom stereocenters. The quantitative estimate of drug-likeness (QED) is 0.379. The van der Waals surface area contributed by atoms with Crippen molar-refractivity contribution in [2.45, 2.75) is 56.7 Å². The van der Waals surface area contributed by atoms with Crippen molar-refractivity contribution in [3.63, 3.8) is 0 Å². The van der Waals surface area contributed by atoms with Crippen LogP contribution in [0, 0.1) is 5.95 Å². The third kappa shape index (κ3) is 4.53. The molecule has 9 heteroatoms. The number of hydrogen-bond donors (Lipinski definition) is 1. The maximum Gasteiger partial charge on any atom is 0.245 e. The number of halogens is 1. The lowest BCUT2D eigenvalue weighted by Crippen LogP contribution is -2.48. The largest absolute Gasteiger partial charge is 0.342 e. The van der Waals surface area contributed by atoms with Gasteiger partial charge in [-0.15, -0.1) is 5.10 Å². The molecule has 0 spiro atoms. The van der Waals surface area contributed by atoms with Gasteiger partial charge in [-0.1, -0.05) is 60.7 Å². The van der Waals surface area contributed by atoms with E-state index in [-0.39, 0.29) is 23.8 Å². The van der Waals surface area contributed by atoms with E-state index >= 15 is 4.39 Å². The van der Waals surface area contributed by atoms with Crippen LogP contribution in [0.2, 0.25) is 0 Å². The average molecular weight is 513 g/mol. The van der Waals surface area contributed by atoms with E-state index in [0.29, 0.717) is 29.7 Å². The molecule has 2 aliphatic rings.